The van der Waals surface area contributed by atoms with E-state index < -0.39 is 6.36 Å². The number of likely N-dealkylation sites (tertiary alicyclic amines) is 1. The lowest BCUT2D eigenvalue weighted by Crippen LogP contribution is -2.39. The highest BCUT2D eigenvalue weighted by Gasteiger charge is 2.31. The fourth-order valence-electron chi connectivity index (χ4n) is 3.44. The van der Waals surface area contributed by atoms with E-state index in [1.165, 1.54) is 18.2 Å². The molecule has 1 aromatic heterocycles. The molecule has 1 saturated heterocycles. The number of benzene rings is 1. The minimum Gasteiger partial charge on any atom is -0.406 e. The van der Waals surface area contributed by atoms with E-state index in [1.54, 1.807) is 6.07 Å². The maximum Gasteiger partial charge on any atom is 0.573 e. The fourth-order valence-corrected chi connectivity index (χ4v) is 3.44. The second kappa shape index (κ2) is 6.98. The summed E-state index contributed by atoms with van der Waals surface area (Å²) in [6, 6.07) is 5.93. The van der Waals surface area contributed by atoms with Gasteiger partial charge in [0.15, 0.2) is 0 Å². The third-order valence-electron chi connectivity index (χ3n) is 4.67. The first-order valence-electron chi connectivity index (χ1n) is 8.57. The summed E-state index contributed by atoms with van der Waals surface area (Å²) in [5, 5.41) is 0.681. The van der Waals surface area contributed by atoms with Crippen molar-refractivity contribution < 1.29 is 22.7 Å². The lowest BCUT2D eigenvalue weighted by Gasteiger charge is -2.28. The summed E-state index contributed by atoms with van der Waals surface area (Å²) in [5.41, 5.74) is 0.854. The van der Waals surface area contributed by atoms with E-state index in [2.05, 4.69) is 16.6 Å². The number of hydrogen-bond donors (Lipinski definition) is 1. The smallest absolute Gasteiger partial charge is 0.406 e. The Morgan fingerprint density at radius 1 is 1.28 bits per heavy atom. The fraction of sp³-hybridized carbons (Fsp3) is 0.500. The van der Waals surface area contributed by atoms with E-state index in [1.807, 2.05) is 4.90 Å². The molecule has 25 heavy (non-hydrogen) atoms. The number of aromatic nitrogens is 1. The first-order valence-corrected chi connectivity index (χ1v) is 8.57. The summed E-state index contributed by atoms with van der Waals surface area (Å²) < 4.78 is 41.0. The first kappa shape index (κ1) is 17.6. The van der Waals surface area contributed by atoms with E-state index >= 15 is 0 Å². The molecule has 1 aromatic carbocycles. The molecule has 1 N–H and O–H groups in total. The number of alkyl halides is 3. The zero-order valence-corrected chi connectivity index (χ0v) is 14.0. The lowest BCUT2D eigenvalue weighted by molar-refractivity contribution is -0.274. The van der Waals surface area contributed by atoms with Crippen LogP contribution in [-0.2, 0) is 0 Å². The summed E-state index contributed by atoms with van der Waals surface area (Å²) >= 11 is 0. The van der Waals surface area contributed by atoms with Crippen molar-refractivity contribution in [2.24, 2.45) is 0 Å². The Bertz CT molecular complexity index is 754. The average Bonchev–Trinajstić information content (AvgIpc) is 2.81. The van der Waals surface area contributed by atoms with E-state index in [-0.39, 0.29) is 17.7 Å². The van der Waals surface area contributed by atoms with Crippen molar-refractivity contribution in [1.82, 2.24) is 9.88 Å². The molecule has 1 atom stereocenters. The summed E-state index contributed by atoms with van der Waals surface area (Å²) in [7, 11) is 0. The highest BCUT2D eigenvalue weighted by atomic mass is 19.4. The molecule has 0 bridgehead atoms. The number of carbonyl (C=O) groups excluding carboxylic acids is 1. The minimum absolute atomic E-state index is 0.0942. The van der Waals surface area contributed by atoms with Crippen molar-refractivity contribution in [1.29, 1.82) is 0 Å². The van der Waals surface area contributed by atoms with Gasteiger partial charge in [0.1, 0.15) is 11.4 Å². The van der Waals surface area contributed by atoms with Crippen molar-refractivity contribution >= 4 is 16.8 Å². The molecule has 2 heterocycles. The Hall–Kier alpha value is -2.18. The Morgan fingerprint density at radius 3 is 2.80 bits per heavy atom. The molecule has 1 fully saturated rings. The third-order valence-corrected chi connectivity index (χ3v) is 4.67. The molecule has 2 aromatic rings. The van der Waals surface area contributed by atoms with Crippen LogP contribution in [0, 0.1) is 0 Å². The maximum absolute atomic E-state index is 12.9. The monoisotopic (exact) mass is 354 g/mol. The molecule has 0 radical (unpaired) electrons. The molecule has 136 valence electrons. The predicted octanol–water partition coefficient (Wildman–Crippen LogP) is 4.86. The Balaban J connectivity index is 1.86. The van der Waals surface area contributed by atoms with Gasteiger partial charge in [-0.1, -0.05) is 19.8 Å². The number of ether oxygens (including phenoxy) is 1. The lowest BCUT2D eigenvalue weighted by atomic mass is 10.1. The molecule has 1 amide bonds. The summed E-state index contributed by atoms with van der Waals surface area (Å²) in [6.45, 7) is 2.79. The van der Waals surface area contributed by atoms with Crippen molar-refractivity contribution in [3.05, 3.63) is 30.0 Å². The summed E-state index contributed by atoms with van der Waals surface area (Å²) in [5.74, 6) is -0.398. The van der Waals surface area contributed by atoms with Gasteiger partial charge in [0, 0.05) is 29.6 Å². The number of halogens is 3. The van der Waals surface area contributed by atoms with Gasteiger partial charge in [0.2, 0.25) is 0 Å². The van der Waals surface area contributed by atoms with E-state index in [4.69, 9.17) is 0 Å². The normalized spacial score (nSPS) is 19.0. The molecular weight excluding hydrogens is 333 g/mol. The van der Waals surface area contributed by atoms with Gasteiger partial charge in [-0.05, 0) is 37.5 Å². The molecule has 1 aliphatic heterocycles. The summed E-state index contributed by atoms with van der Waals surface area (Å²) in [6.07, 6.45) is 0.366. The molecule has 0 aliphatic carbocycles. The van der Waals surface area contributed by atoms with Crippen LogP contribution in [0.25, 0.3) is 10.9 Å². The van der Waals surface area contributed by atoms with Gasteiger partial charge in [-0.3, -0.25) is 4.79 Å². The van der Waals surface area contributed by atoms with Crippen molar-refractivity contribution in [2.75, 3.05) is 6.54 Å². The van der Waals surface area contributed by atoms with Gasteiger partial charge in [-0.25, -0.2) is 0 Å². The van der Waals surface area contributed by atoms with Gasteiger partial charge in [-0.15, -0.1) is 13.2 Å². The summed E-state index contributed by atoms with van der Waals surface area (Å²) in [4.78, 5) is 17.7. The van der Waals surface area contributed by atoms with Crippen molar-refractivity contribution in [3.8, 4) is 5.75 Å². The maximum atomic E-state index is 12.9. The number of hydrogen-bond acceptors (Lipinski definition) is 2. The number of amides is 1. The van der Waals surface area contributed by atoms with E-state index in [0.717, 1.165) is 38.6 Å². The number of H-pyrrole nitrogens is 1. The van der Waals surface area contributed by atoms with E-state index in [0.29, 0.717) is 16.6 Å². The van der Waals surface area contributed by atoms with Gasteiger partial charge in [0.25, 0.3) is 5.91 Å². The van der Waals surface area contributed by atoms with E-state index in [9.17, 15) is 18.0 Å². The predicted molar refractivity (Wildman–Crippen MR) is 88.6 cm³/mol. The Kier molecular flexibility index (Phi) is 4.92. The van der Waals surface area contributed by atoms with Gasteiger partial charge in [-0.2, -0.15) is 0 Å². The highest BCUT2D eigenvalue weighted by molar-refractivity contribution is 5.98. The quantitative estimate of drug-likeness (QED) is 0.855. The van der Waals surface area contributed by atoms with Crippen LogP contribution >= 0.6 is 0 Å². The molecule has 1 aliphatic rings. The number of nitrogens with zero attached hydrogens (tertiary/aromatic N) is 1. The van der Waals surface area contributed by atoms with Crippen LogP contribution < -0.4 is 4.74 Å². The van der Waals surface area contributed by atoms with Gasteiger partial charge < -0.3 is 14.6 Å². The molecule has 1 unspecified atom stereocenters. The standard InChI is InChI=1S/C18H21F3N2O2/c1-2-13-6-4-3-5-9-23(13)17(24)16-10-12-7-8-14(11-15(12)22-16)25-18(19,20)21/h7-8,10-11,13,22H,2-6,9H2,1H3. The Morgan fingerprint density at radius 2 is 2.08 bits per heavy atom. The molecule has 0 spiro atoms. The van der Waals surface area contributed by atoms with Crippen LogP contribution in [0.2, 0.25) is 0 Å². The minimum atomic E-state index is -4.74. The number of fused-ring (bicyclic) bond motifs is 1. The van der Waals surface area contributed by atoms with Crippen molar-refractivity contribution in [3.63, 3.8) is 0 Å². The van der Waals surface area contributed by atoms with Crippen molar-refractivity contribution in [2.45, 2.75) is 51.4 Å². The number of rotatable bonds is 3. The SMILES string of the molecule is CCC1CCCCCN1C(=O)c1cc2ccc(OC(F)(F)F)cc2[nH]1. The molecule has 7 heteroatoms. The number of carbonyl (C=O) groups is 1. The largest absolute Gasteiger partial charge is 0.573 e. The molecule has 0 saturated carbocycles. The number of aromatic amines is 1. The second-order valence-electron chi connectivity index (χ2n) is 6.39. The molecular formula is C18H21F3N2O2. The van der Waals surface area contributed by atoms with Crippen LogP contribution in [0.15, 0.2) is 24.3 Å². The van der Waals surface area contributed by atoms with Crippen LogP contribution in [0.1, 0.15) is 49.5 Å². The Labute approximate surface area is 143 Å². The topological polar surface area (TPSA) is 45.3 Å². The average molecular weight is 354 g/mol. The van der Waals surface area contributed by atoms with Crippen LogP contribution in [0.4, 0.5) is 13.2 Å². The van der Waals surface area contributed by atoms with Crippen LogP contribution in [0.5, 0.6) is 5.75 Å². The van der Waals surface area contributed by atoms with Gasteiger partial charge in [0.05, 0.1) is 0 Å². The van der Waals surface area contributed by atoms with Gasteiger partial charge >= 0.3 is 6.36 Å². The zero-order chi connectivity index (χ0) is 18.0. The molecule has 3 rings (SSSR count). The zero-order valence-electron chi connectivity index (χ0n) is 14.0. The highest BCUT2D eigenvalue weighted by Crippen LogP contribution is 2.28. The number of nitrogens with one attached hydrogen (secondary N) is 1. The third kappa shape index (κ3) is 4.08. The van der Waals surface area contributed by atoms with Crippen LogP contribution in [-0.4, -0.2) is 34.7 Å². The first-order chi connectivity index (χ1) is 11.9. The molecule has 4 nitrogen and oxygen atoms in total. The second-order valence-corrected chi connectivity index (χ2v) is 6.39. The van der Waals surface area contributed by atoms with Crippen LogP contribution in [0.3, 0.4) is 0 Å².